The molecule has 4 heteroatoms. The molecule has 0 aromatic heterocycles. The van der Waals surface area contributed by atoms with Gasteiger partial charge in [-0.25, -0.2) is 0 Å². The molecule has 3 nitrogen and oxygen atoms in total. The summed E-state index contributed by atoms with van der Waals surface area (Å²) >= 11 is 2.52. The van der Waals surface area contributed by atoms with Gasteiger partial charge >= 0.3 is 0 Å². The van der Waals surface area contributed by atoms with E-state index in [1.54, 1.807) is 0 Å². The zero-order valence-corrected chi connectivity index (χ0v) is 13.0. The van der Waals surface area contributed by atoms with Gasteiger partial charge in [-0.2, -0.15) is 0 Å². The summed E-state index contributed by atoms with van der Waals surface area (Å²) in [7, 11) is 0. The number of nitrogens with two attached hydrogens (primary N) is 1. The van der Waals surface area contributed by atoms with Crippen LogP contribution >= 0.6 is 22.6 Å². The zero-order chi connectivity index (χ0) is 12.8. The average Bonchev–Trinajstić information content (AvgIpc) is 2.64. The van der Waals surface area contributed by atoms with Crippen molar-refractivity contribution in [2.24, 2.45) is 22.6 Å². The molecule has 1 heterocycles. The van der Waals surface area contributed by atoms with Gasteiger partial charge in [0.2, 0.25) is 0 Å². The van der Waals surface area contributed by atoms with Gasteiger partial charge in [0.25, 0.3) is 0 Å². The molecule has 18 heavy (non-hydrogen) atoms. The van der Waals surface area contributed by atoms with Gasteiger partial charge in [0, 0.05) is 9.84 Å². The van der Waals surface area contributed by atoms with Gasteiger partial charge in [-0.15, -0.1) is 0 Å². The molecule has 0 saturated heterocycles. The van der Waals surface area contributed by atoms with Crippen molar-refractivity contribution in [1.29, 1.82) is 0 Å². The normalized spacial score (nSPS) is 45.7. The van der Waals surface area contributed by atoms with Crippen LogP contribution in [-0.4, -0.2) is 26.5 Å². The fourth-order valence-corrected chi connectivity index (χ4v) is 5.16. The molecular weight excluding hydrogens is 339 g/mol. The molecule has 2 aliphatic carbocycles. The fourth-order valence-electron chi connectivity index (χ4n) is 4.26. The summed E-state index contributed by atoms with van der Waals surface area (Å²) in [4.78, 5) is 4.61. The van der Waals surface area contributed by atoms with Crippen molar-refractivity contribution in [3.05, 3.63) is 0 Å². The van der Waals surface area contributed by atoms with Crippen molar-refractivity contribution in [3.8, 4) is 0 Å². The van der Waals surface area contributed by atoms with Crippen LogP contribution < -0.4 is 5.73 Å². The highest BCUT2D eigenvalue weighted by molar-refractivity contribution is 14.1. The topological polar surface area (TPSA) is 58.6 Å². The predicted molar refractivity (Wildman–Crippen MR) is 82.1 cm³/mol. The molecule has 2 saturated carbocycles. The highest BCUT2D eigenvalue weighted by Gasteiger charge is 2.55. The van der Waals surface area contributed by atoms with Crippen LogP contribution in [0.1, 0.15) is 51.4 Å². The Morgan fingerprint density at radius 1 is 1.17 bits per heavy atom. The maximum Gasteiger partial charge on any atom is 0.129 e. The second-order valence-corrected chi connectivity index (χ2v) is 8.02. The molecule has 3 N–H and O–H groups in total. The van der Waals surface area contributed by atoms with Crippen molar-refractivity contribution < 1.29 is 5.11 Å². The van der Waals surface area contributed by atoms with Crippen LogP contribution in [0.4, 0.5) is 0 Å². The van der Waals surface area contributed by atoms with Crippen LogP contribution in [0.15, 0.2) is 4.99 Å². The Bertz CT molecular complexity index is 354. The minimum Gasteiger partial charge on any atom is -0.385 e. The number of aliphatic imine (C=N–C) groups is 1. The third-order valence-electron chi connectivity index (χ3n) is 5.26. The summed E-state index contributed by atoms with van der Waals surface area (Å²) in [5.74, 6) is 1.19. The molecule has 0 aromatic rings. The van der Waals surface area contributed by atoms with Crippen molar-refractivity contribution in [3.63, 3.8) is 0 Å². The van der Waals surface area contributed by atoms with E-state index < -0.39 is 5.60 Å². The SMILES string of the molecule is NC1=NC2CCC(I)CC2C1(O)C1CCCCC1. The molecule has 3 rings (SSSR count). The van der Waals surface area contributed by atoms with Crippen molar-refractivity contribution in [1.82, 2.24) is 0 Å². The van der Waals surface area contributed by atoms with Crippen molar-refractivity contribution in [2.45, 2.75) is 66.9 Å². The molecule has 2 fully saturated rings. The molecule has 102 valence electrons. The Hall–Kier alpha value is 0.160. The Kier molecular flexibility index (Phi) is 3.60. The number of hydrogen-bond donors (Lipinski definition) is 2. The van der Waals surface area contributed by atoms with Gasteiger partial charge in [0.15, 0.2) is 0 Å². The minimum atomic E-state index is -0.783. The predicted octanol–water partition coefficient (Wildman–Crippen LogP) is 2.64. The van der Waals surface area contributed by atoms with E-state index in [4.69, 9.17) is 5.73 Å². The van der Waals surface area contributed by atoms with Crippen LogP contribution in [0.3, 0.4) is 0 Å². The third-order valence-corrected chi connectivity index (χ3v) is 6.39. The third kappa shape index (κ3) is 1.99. The Balaban J connectivity index is 1.86. The molecule has 0 spiro atoms. The summed E-state index contributed by atoms with van der Waals surface area (Å²) in [5.41, 5.74) is 5.36. The van der Waals surface area contributed by atoms with E-state index in [1.807, 2.05) is 0 Å². The Morgan fingerprint density at radius 3 is 2.61 bits per heavy atom. The quantitative estimate of drug-likeness (QED) is 0.557. The number of alkyl halides is 1. The van der Waals surface area contributed by atoms with E-state index in [0.29, 0.717) is 21.7 Å². The number of nitrogens with zero attached hydrogens (tertiary/aromatic N) is 1. The summed E-state index contributed by atoms with van der Waals surface area (Å²) in [6.07, 6.45) is 9.46. The Morgan fingerprint density at radius 2 is 1.89 bits per heavy atom. The number of hydrogen-bond acceptors (Lipinski definition) is 3. The van der Waals surface area contributed by atoms with E-state index in [-0.39, 0.29) is 5.92 Å². The first-order valence-electron chi connectivity index (χ1n) is 7.32. The van der Waals surface area contributed by atoms with Crippen LogP contribution in [0, 0.1) is 11.8 Å². The first-order chi connectivity index (χ1) is 8.62. The van der Waals surface area contributed by atoms with Crippen LogP contribution in [0.25, 0.3) is 0 Å². The number of amidine groups is 1. The highest BCUT2D eigenvalue weighted by Crippen LogP contribution is 2.48. The van der Waals surface area contributed by atoms with Gasteiger partial charge in [0.1, 0.15) is 11.4 Å². The molecule has 0 bridgehead atoms. The van der Waals surface area contributed by atoms with Crippen LogP contribution in [-0.2, 0) is 0 Å². The monoisotopic (exact) mass is 362 g/mol. The van der Waals surface area contributed by atoms with E-state index in [2.05, 4.69) is 27.6 Å². The second-order valence-electron chi connectivity index (χ2n) is 6.26. The summed E-state index contributed by atoms with van der Waals surface area (Å²) in [6.45, 7) is 0. The lowest BCUT2D eigenvalue weighted by Crippen LogP contribution is -2.55. The lowest BCUT2D eigenvalue weighted by Gasteiger charge is -2.43. The Labute approximate surface area is 123 Å². The zero-order valence-electron chi connectivity index (χ0n) is 10.8. The van der Waals surface area contributed by atoms with Gasteiger partial charge in [0.05, 0.1) is 6.04 Å². The summed E-state index contributed by atoms with van der Waals surface area (Å²) < 4.78 is 0.681. The lowest BCUT2D eigenvalue weighted by molar-refractivity contribution is -0.0280. The standard InChI is InChI=1S/C14H23IN2O/c15-10-6-7-12-11(8-10)14(18,13(16)17-12)9-4-2-1-3-5-9/h9-12,18H,1-8H2,(H2,16,17). The number of halogens is 1. The first kappa shape index (κ1) is 13.2. The molecule has 0 aromatic carbocycles. The highest BCUT2D eigenvalue weighted by atomic mass is 127. The fraction of sp³-hybridized carbons (Fsp3) is 0.929. The smallest absolute Gasteiger partial charge is 0.129 e. The molecule has 0 amide bonds. The number of rotatable bonds is 1. The summed E-state index contributed by atoms with van der Waals surface area (Å²) in [5, 5.41) is 11.2. The van der Waals surface area contributed by atoms with Gasteiger partial charge in [-0.3, -0.25) is 4.99 Å². The van der Waals surface area contributed by atoms with Gasteiger partial charge in [-0.1, -0.05) is 41.9 Å². The van der Waals surface area contributed by atoms with E-state index in [9.17, 15) is 5.11 Å². The van der Waals surface area contributed by atoms with E-state index >= 15 is 0 Å². The maximum absolute atomic E-state index is 11.2. The van der Waals surface area contributed by atoms with Crippen molar-refractivity contribution in [2.75, 3.05) is 0 Å². The maximum atomic E-state index is 11.2. The van der Waals surface area contributed by atoms with E-state index in [0.717, 1.165) is 25.7 Å². The molecular formula is C14H23IN2O. The summed E-state index contributed by atoms with van der Waals surface area (Å²) in [6, 6.07) is 0.294. The number of fused-ring (bicyclic) bond motifs is 1. The number of aliphatic hydroxyl groups is 1. The molecule has 1 aliphatic heterocycles. The van der Waals surface area contributed by atoms with Crippen LogP contribution in [0.2, 0.25) is 0 Å². The molecule has 4 atom stereocenters. The largest absolute Gasteiger partial charge is 0.385 e. The minimum absolute atomic E-state index is 0.288. The lowest BCUT2D eigenvalue weighted by atomic mass is 9.66. The van der Waals surface area contributed by atoms with Gasteiger partial charge < -0.3 is 10.8 Å². The van der Waals surface area contributed by atoms with Crippen molar-refractivity contribution >= 4 is 28.4 Å². The van der Waals surface area contributed by atoms with Crippen LogP contribution in [0.5, 0.6) is 0 Å². The first-order valence-corrected chi connectivity index (χ1v) is 8.57. The van der Waals surface area contributed by atoms with Gasteiger partial charge in [-0.05, 0) is 38.0 Å². The van der Waals surface area contributed by atoms with E-state index in [1.165, 1.54) is 25.7 Å². The second kappa shape index (κ2) is 4.93. The molecule has 3 aliphatic rings. The average molecular weight is 362 g/mol. The molecule has 0 radical (unpaired) electrons. The molecule has 4 unspecified atom stereocenters.